The predicted octanol–water partition coefficient (Wildman–Crippen LogP) is 3.00. The van der Waals surface area contributed by atoms with Gasteiger partial charge in [0.1, 0.15) is 0 Å². The lowest BCUT2D eigenvalue weighted by molar-refractivity contribution is 0.0601. The predicted molar refractivity (Wildman–Crippen MR) is 74.7 cm³/mol. The second-order valence-corrected chi connectivity index (χ2v) is 4.20. The third kappa shape index (κ3) is 3.86. The number of hydrogen-bond donors (Lipinski definition) is 1. The summed E-state index contributed by atoms with van der Waals surface area (Å²) in [5, 5.41) is 3.00. The van der Waals surface area contributed by atoms with Gasteiger partial charge in [0.05, 0.1) is 17.7 Å². The van der Waals surface area contributed by atoms with Crippen LogP contribution in [0, 0.1) is 0 Å². The number of rotatable bonds is 4. The second-order valence-electron chi connectivity index (χ2n) is 3.79. The van der Waals surface area contributed by atoms with E-state index in [9.17, 15) is 9.59 Å². The lowest BCUT2D eigenvalue weighted by Crippen LogP contribution is -2.34. The summed E-state index contributed by atoms with van der Waals surface area (Å²) >= 11 is 5.90. The van der Waals surface area contributed by atoms with Gasteiger partial charge in [0.15, 0.2) is 0 Å². The molecule has 0 spiro atoms. The van der Waals surface area contributed by atoms with Crippen LogP contribution in [0.15, 0.2) is 18.2 Å². The summed E-state index contributed by atoms with van der Waals surface area (Å²) in [6.07, 6.45) is 0. The van der Waals surface area contributed by atoms with Crippen LogP contribution in [0.2, 0.25) is 5.02 Å². The normalized spacial score (nSPS) is 9.89. The third-order valence-electron chi connectivity index (χ3n) is 2.67. The van der Waals surface area contributed by atoms with E-state index in [4.69, 9.17) is 11.6 Å². The number of ether oxygens (including phenoxy) is 1. The van der Waals surface area contributed by atoms with E-state index < -0.39 is 5.97 Å². The molecule has 0 aromatic heterocycles. The Kier molecular flexibility index (Phi) is 5.63. The van der Waals surface area contributed by atoms with Crippen molar-refractivity contribution in [2.45, 2.75) is 13.8 Å². The number of carbonyl (C=O) groups is 2. The zero-order valence-electron chi connectivity index (χ0n) is 11.2. The summed E-state index contributed by atoms with van der Waals surface area (Å²) in [7, 11) is 1.28. The number of nitrogens with zero attached hydrogens (tertiary/aromatic N) is 1. The van der Waals surface area contributed by atoms with E-state index in [0.717, 1.165) is 0 Å². The molecule has 0 atom stereocenters. The van der Waals surface area contributed by atoms with Crippen molar-refractivity contribution in [3.05, 3.63) is 28.8 Å². The summed E-state index contributed by atoms with van der Waals surface area (Å²) in [6, 6.07) is 4.46. The standard InChI is InChI=1S/C13H17ClN2O3/c1-4-16(5-2)13(18)15-9-6-7-11(14)10(8-9)12(17)19-3/h6-8H,4-5H2,1-3H3,(H,15,18). The molecule has 6 heteroatoms. The van der Waals surface area contributed by atoms with Crippen LogP contribution in [0.25, 0.3) is 0 Å². The highest BCUT2D eigenvalue weighted by atomic mass is 35.5. The van der Waals surface area contributed by atoms with E-state index >= 15 is 0 Å². The average molecular weight is 285 g/mol. The molecule has 1 N–H and O–H groups in total. The van der Waals surface area contributed by atoms with Crippen LogP contribution in [0.5, 0.6) is 0 Å². The van der Waals surface area contributed by atoms with Gasteiger partial charge >= 0.3 is 12.0 Å². The molecule has 0 heterocycles. The molecular formula is C13H17ClN2O3. The lowest BCUT2D eigenvalue weighted by atomic mass is 10.2. The number of benzene rings is 1. The minimum absolute atomic E-state index is 0.219. The highest BCUT2D eigenvalue weighted by Crippen LogP contribution is 2.21. The van der Waals surface area contributed by atoms with Crippen LogP contribution >= 0.6 is 11.6 Å². The van der Waals surface area contributed by atoms with E-state index in [0.29, 0.717) is 18.8 Å². The molecule has 0 saturated carbocycles. The molecule has 0 bridgehead atoms. The molecule has 0 aliphatic carbocycles. The van der Waals surface area contributed by atoms with E-state index in [-0.39, 0.29) is 16.6 Å². The Morgan fingerprint density at radius 3 is 2.47 bits per heavy atom. The smallest absolute Gasteiger partial charge is 0.339 e. The number of hydrogen-bond acceptors (Lipinski definition) is 3. The lowest BCUT2D eigenvalue weighted by Gasteiger charge is -2.19. The number of esters is 1. The highest BCUT2D eigenvalue weighted by molar-refractivity contribution is 6.33. The van der Waals surface area contributed by atoms with E-state index in [1.165, 1.54) is 13.2 Å². The fourth-order valence-corrected chi connectivity index (χ4v) is 1.78. The van der Waals surface area contributed by atoms with Gasteiger partial charge in [0.25, 0.3) is 0 Å². The summed E-state index contributed by atoms with van der Waals surface area (Å²) in [5.74, 6) is -0.538. The average Bonchev–Trinajstić information content (AvgIpc) is 2.41. The monoisotopic (exact) mass is 284 g/mol. The summed E-state index contributed by atoms with van der Waals surface area (Å²) < 4.78 is 4.62. The Hall–Kier alpha value is -1.75. The van der Waals surface area contributed by atoms with Crippen LogP contribution in [-0.2, 0) is 4.74 Å². The Bertz CT molecular complexity index is 473. The maximum absolute atomic E-state index is 11.9. The minimum atomic E-state index is -0.538. The topological polar surface area (TPSA) is 58.6 Å². The van der Waals surface area contributed by atoms with Gasteiger partial charge in [-0.25, -0.2) is 9.59 Å². The van der Waals surface area contributed by atoms with E-state index in [1.54, 1.807) is 17.0 Å². The Labute approximate surface area is 117 Å². The number of halogens is 1. The minimum Gasteiger partial charge on any atom is -0.465 e. The number of carbonyl (C=O) groups excluding carboxylic acids is 2. The van der Waals surface area contributed by atoms with Crippen molar-refractivity contribution in [2.24, 2.45) is 0 Å². The van der Waals surface area contributed by atoms with Crippen LogP contribution in [-0.4, -0.2) is 37.1 Å². The molecule has 1 rings (SSSR count). The first kappa shape index (κ1) is 15.3. The van der Waals surface area contributed by atoms with Gasteiger partial charge in [-0.15, -0.1) is 0 Å². The first-order valence-corrected chi connectivity index (χ1v) is 6.35. The molecule has 104 valence electrons. The van der Waals surface area contributed by atoms with Crippen molar-refractivity contribution in [1.82, 2.24) is 4.90 Å². The summed E-state index contributed by atoms with van der Waals surface area (Å²) in [5.41, 5.74) is 0.725. The molecule has 0 fully saturated rings. The highest BCUT2D eigenvalue weighted by Gasteiger charge is 2.14. The van der Waals surface area contributed by atoms with Crippen molar-refractivity contribution in [3.63, 3.8) is 0 Å². The summed E-state index contributed by atoms with van der Waals surface area (Å²) in [4.78, 5) is 25.0. The zero-order valence-corrected chi connectivity index (χ0v) is 12.0. The van der Waals surface area contributed by atoms with Gasteiger partial charge in [-0.3, -0.25) is 0 Å². The number of urea groups is 1. The Morgan fingerprint density at radius 2 is 1.95 bits per heavy atom. The molecule has 1 aromatic carbocycles. The Morgan fingerprint density at radius 1 is 1.32 bits per heavy atom. The molecule has 1 aromatic rings. The molecule has 0 aliphatic rings. The SMILES string of the molecule is CCN(CC)C(=O)Nc1ccc(Cl)c(C(=O)OC)c1. The fraction of sp³-hybridized carbons (Fsp3) is 0.385. The number of amides is 2. The van der Waals surface area contributed by atoms with Crippen molar-refractivity contribution < 1.29 is 14.3 Å². The molecule has 0 aliphatic heterocycles. The first-order valence-electron chi connectivity index (χ1n) is 5.97. The molecule has 0 saturated heterocycles. The molecule has 2 amide bonds. The van der Waals surface area contributed by atoms with Crippen LogP contribution < -0.4 is 5.32 Å². The van der Waals surface area contributed by atoms with Crippen molar-refractivity contribution in [1.29, 1.82) is 0 Å². The van der Waals surface area contributed by atoms with Crippen molar-refractivity contribution in [3.8, 4) is 0 Å². The molecular weight excluding hydrogens is 268 g/mol. The summed E-state index contributed by atoms with van der Waals surface area (Å²) in [6.45, 7) is 5.01. The van der Waals surface area contributed by atoms with Crippen LogP contribution in [0.3, 0.4) is 0 Å². The molecule has 5 nitrogen and oxygen atoms in total. The van der Waals surface area contributed by atoms with Gasteiger partial charge in [0.2, 0.25) is 0 Å². The number of anilines is 1. The van der Waals surface area contributed by atoms with Crippen molar-refractivity contribution >= 4 is 29.3 Å². The maximum atomic E-state index is 11.9. The van der Waals surface area contributed by atoms with Gasteiger partial charge < -0.3 is 15.0 Å². The van der Waals surface area contributed by atoms with Crippen molar-refractivity contribution in [2.75, 3.05) is 25.5 Å². The van der Waals surface area contributed by atoms with Crippen LogP contribution in [0.4, 0.5) is 10.5 Å². The number of methoxy groups -OCH3 is 1. The zero-order chi connectivity index (χ0) is 14.4. The fourth-order valence-electron chi connectivity index (χ4n) is 1.58. The van der Waals surface area contributed by atoms with Gasteiger partial charge in [0, 0.05) is 18.8 Å². The largest absolute Gasteiger partial charge is 0.465 e. The van der Waals surface area contributed by atoms with Gasteiger partial charge in [-0.05, 0) is 32.0 Å². The first-order chi connectivity index (χ1) is 9.03. The molecule has 0 unspecified atom stereocenters. The van der Waals surface area contributed by atoms with E-state index in [2.05, 4.69) is 10.1 Å². The third-order valence-corrected chi connectivity index (χ3v) is 3.00. The quantitative estimate of drug-likeness (QED) is 0.865. The van der Waals surface area contributed by atoms with Gasteiger partial charge in [-0.2, -0.15) is 0 Å². The molecule has 19 heavy (non-hydrogen) atoms. The maximum Gasteiger partial charge on any atom is 0.339 e. The second kappa shape index (κ2) is 6.99. The number of nitrogens with one attached hydrogen (secondary N) is 1. The van der Waals surface area contributed by atoms with E-state index in [1.807, 2.05) is 13.8 Å². The Balaban J connectivity index is 2.91. The molecule has 0 radical (unpaired) electrons. The van der Waals surface area contributed by atoms with Gasteiger partial charge in [-0.1, -0.05) is 11.6 Å². The van der Waals surface area contributed by atoms with Crippen LogP contribution in [0.1, 0.15) is 24.2 Å².